The van der Waals surface area contributed by atoms with Crippen molar-refractivity contribution in [3.05, 3.63) is 36.0 Å². The molecular formula is C15H23ClN2. The molecule has 2 nitrogen and oxygen atoms in total. The number of halogens is 1. The summed E-state index contributed by atoms with van der Waals surface area (Å²) in [6.07, 6.45) is 3.47. The zero-order valence-corrected chi connectivity index (χ0v) is 12.3. The fraction of sp³-hybridized carbons (Fsp3) is 0.467. The van der Waals surface area contributed by atoms with E-state index in [2.05, 4.69) is 61.2 Å². The Balaban J connectivity index is 0.00000162. The van der Waals surface area contributed by atoms with Gasteiger partial charge in [0.2, 0.25) is 0 Å². The molecule has 0 aliphatic rings. The lowest BCUT2D eigenvalue weighted by Crippen LogP contribution is -2.16. The molecule has 0 saturated heterocycles. The Morgan fingerprint density at radius 2 is 1.94 bits per heavy atom. The minimum absolute atomic E-state index is 0. The fourth-order valence-electron chi connectivity index (χ4n) is 2.18. The Morgan fingerprint density at radius 3 is 2.67 bits per heavy atom. The highest BCUT2D eigenvalue weighted by Crippen LogP contribution is 2.19. The van der Waals surface area contributed by atoms with Gasteiger partial charge in [0.25, 0.3) is 0 Å². The summed E-state index contributed by atoms with van der Waals surface area (Å²) in [4.78, 5) is 0. The van der Waals surface area contributed by atoms with Crippen LogP contribution in [0.5, 0.6) is 0 Å². The summed E-state index contributed by atoms with van der Waals surface area (Å²) in [7, 11) is 2.11. The Bertz CT molecular complexity index is 488. The Morgan fingerprint density at radius 1 is 1.22 bits per heavy atom. The summed E-state index contributed by atoms with van der Waals surface area (Å²) in [6.45, 7) is 6.59. The van der Waals surface area contributed by atoms with Crippen molar-refractivity contribution in [1.29, 1.82) is 0 Å². The van der Waals surface area contributed by atoms with Crippen LogP contribution in [0.15, 0.2) is 30.5 Å². The molecule has 0 fully saturated rings. The van der Waals surface area contributed by atoms with Crippen LogP contribution in [-0.4, -0.2) is 11.1 Å². The third-order valence-electron chi connectivity index (χ3n) is 3.19. The van der Waals surface area contributed by atoms with Gasteiger partial charge in [-0.2, -0.15) is 0 Å². The SMILES string of the molecule is CC(C)CCNCc1cn(C)c2ccccc12.Cl. The van der Waals surface area contributed by atoms with E-state index in [4.69, 9.17) is 0 Å². The van der Waals surface area contributed by atoms with E-state index in [-0.39, 0.29) is 12.4 Å². The molecule has 3 heteroatoms. The highest BCUT2D eigenvalue weighted by molar-refractivity contribution is 5.85. The Hall–Kier alpha value is -0.990. The number of nitrogens with one attached hydrogen (secondary N) is 1. The van der Waals surface area contributed by atoms with E-state index in [0.717, 1.165) is 19.0 Å². The summed E-state index contributed by atoms with van der Waals surface area (Å²) in [5, 5.41) is 4.89. The first-order chi connectivity index (χ1) is 8.18. The molecule has 1 N–H and O–H groups in total. The van der Waals surface area contributed by atoms with Crippen molar-refractivity contribution in [3.63, 3.8) is 0 Å². The molecule has 2 aromatic rings. The third-order valence-corrected chi connectivity index (χ3v) is 3.19. The van der Waals surface area contributed by atoms with Crippen LogP contribution in [0.2, 0.25) is 0 Å². The molecule has 0 aliphatic heterocycles. The highest BCUT2D eigenvalue weighted by atomic mass is 35.5. The molecular weight excluding hydrogens is 244 g/mol. The van der Waals surface area contributed by atoms with E-state index in [9.17, 15) is 0 Å². The van der Waals surface area contributed by atoms with Crippen molar-refractivity contribution in [2.24, 2.45) is 13.0 Å². The second-order valence-electron chi connectivity index (χ2n) is 5.14. The molecule has 0 radical (unpaired) electrons. The van der Waals surface area contributed by atoms with Crippen LogP contribution in [-0.2, 0) is 13.6 Å². The topological polar surface area (TPSA) is 17.0 Å². The molecule has 0 unspecified atom stereocenters. The minimum atomic E-state index is 0. The van der Waals surface area contributed by atoms with Crippen molar-refractivity contribution in [2.75, 3.05) is 6.54 Å². The molecule has 0 aliphatic carbocycles. The molecule has 18 heavy (non-hydrogen) atoms. The first-order valence-electron chi connectivity index (χ1n) is 6.42. The van der Waals surface area contributed by atoms with Crippen molar-refractivity contribution in [2.45, 2.75) is 26.8 Å². The van der Waals surface area contributed by atoms with Crippen molar-refractivity contribution in [1.82, 2.24) is 9.88 Å². The number of para-hydroxylation sites is 1. The molecule has 2 rings (SSSR count). The minimum Gasteiger partial charge on any atom is -0.350 e. The lowest BCUT2D eigenvalue weighted by atomic mass is 10.1. The van der Waals surface area contributed by atoms with Crippen molar-refractivity contribution >= 4 is 23.3 Å². The summed E-state index contributed by atoms with van der Waals surface area (Å²) in [6, 6.07) is 8.58. The average molecular weight is 267 g/mol. The van der Waals surface area contributed by atoms with Gasteiger partial charge in [-0.1, -0.05) is 32.0 Å². The predicted octanol–water partition coefficient (Wildman–Crippen LogP) is 3.74. The van der Waals surface area contributed by atoms with Crippen LogP contribution >= 0.6 is 12.4 Å². The van der Waals surface area contributed by atoms with Crippen LogP contribution in [0.3, 0.4) is 0 Å². The van der Waals surface area contributed by atoms with Crippen LogP contribution in [0.1, 0.15) is 25.8 Å². The molecule has 0 spiro atoms. The van der Waals surface area contributed by atoms with Crippen molar-refractivity contribution < 1.29 is 0 Å². The van der Waals surface area contributed by atoms with Gasteiger partial charge in [-0.3, -0.25) is 0 Å². The summed E-state index contributed by atoms with van der Waals surface area (Å²) in [5.74, 6) is 0.773. The first-order valence-corrected chi connectivity index (χ1v) is 6.42. The van der Waals surface area contributed by atoms with E-state index in [1.165, 1.54) is 22.9 Å². The van der Waals surface area contributed by atoms with Gasteiger partial charge in [-0.25, -0.2) is 0 Å². The van der Waals surface area contributed by atoms with Gasteiger partial charge in [0.05, 0.1) is 0 Å². The Labute approximate surface area is 116 Å². The van der Waals surface area contributed by atoms with E-state index < -0.39 is 0 Å². The molecule has 1 aromatic heterocycles. The van der Waals surface area contributed by atoms with Gasteiger partial charge < -0.3 is 9.88 Å². The van der Waals surface area contributed by atoms with Crippen LogP contribution in [0.25, 0.3) is 10.9 Å². The van der Waals surface area contributed by atoms with Gasteiger partial charge in [0.15, 0.2) is 0 Å². The van der Waals surface area contributed by atoms with E-state index in [1.54, 1.807) is 0 Å². The molecule has 0 atom stereocenters. The molecule has 0 bridgehead atoms. The van der Waals surface area contributed by atoms with Gasteiger partial charge >= 0.3 is 0 Å². The number of rotatable bonds is 5. The quantitative estimate of drug-likeness (QED) is 0.816. The number of benzene rings is 1. The average Bonchev–Trinajstić information content (AvgIpc) is 2.63. The summed E-state index contributed by atoms with van der Waals surface area (Å²) in [5.41, 5.74) is 2.71. The maximum Gasteiger partial charge on any atom is 0.0481 e. The largest absolute Gasteiger partial charge is 0.350 e. The number of nitrogens with zero attached hydrogens (tertiary/aromatic N) is 1. The second kappa shape index (κ2) is 6.81. The van der Waals surface area contributed by atoms with Gasteiger partial charge in [0.1, 0.15) is 0 Å². The standard InChI is InChI=1S/C15H22N2.ClH/c1-12(2)8-9-16-10-13-11-17(3)15-7-5-4-6-14(13)15;/h4-7,11-12,16H,8-10H2,1-3H3;1H. The predicted molar refractivity (Wildman–Crippen MR) is 81.3 cm³/mol. The number of aryl methyl sites for hydroxylation is 1. The zero-order chi connectivity index (χ0) is 12.3. The molecule has 0 saturated carbocycles. The fourth-order valence-corrected chi connectivity index (χ4v) is 2.18. The monoisotopic (exact) mass is 266 g/mol. The summed E-state index contributed by atoms with van der Waals surface area (Å²) >= 11 is 0. The summed E-state index contributed by atoms with van der Waals surface area (Å²) < 4.78 is 2.20. The molecule has 1 aromatic carbocycles. The van der Waals surface area contributed by atoms with Crippen LogP contribution in [0.4, 0.5) is 0 Å². The normalized spacial score (nSPS) is 10.9. The smallest absolute Gasteiger partial charge is 0.0481 e. The van der Waals surface area contributed by atoms with Gasteiger partial charge in [0, 0.05) is 30.7 Å². The molecule has 100 valence electrons. The number of fused-ring (bicyclic) bond motifs is 1. The van der Waals surface area contributed by atoms with Gasteiger partial charge in [-0.05, 0) is 30.5 Å². The first kappa shape index (κ1) is 15.1. The van der Waals surface area contributed by atoms with Crippen molar-refractivity contribution in [3.8, 4) is 0 Å². The van der Waals surface area contributed by atoms with Gasteiger partial charge in [-0.15, -0.1) is 12.4 Å². The maximum absolute atomic E-state index is 3.53. The number of aromatic nitrogens is 1. The second-order valence-corrected chi connectivity index (χ2v) is 5.14. The van der Waals surface area contributed by atoms with E-state index in [1.807, 2.05) is 0 Å². The molecule has 1 heterocycles. The third kappa shape index (κ3) is 3.50. The van der Waals surface area contributed by atoms with E-state index >= 15 is 0 Å². The van der Waals surface area contributed by atoms with E-state index in [0.29, 0.717) is 0 Å². The maximum atomic E-state index is 3.53. The number of hydrogen-bond acceptors (Lipinski definition) is 1. The van der Waals surface area contributed by atoms with Crippen LogP contribution < -0.4 is 5.32 Å². The highest BCUT2D eigenvalue weighted by Gasteiger charge is 2.04. The molecule has 0 amide bonds. The Kier molecular flexibility index (Phi) is 5.70. The number of hydrogen-bond donors (Lipinski definition) is 1. The van der Waals surface area contributed by atoms with Crippen LogP contribution in [0, 0.1) is 5.92 Å². The lowest BCUT2D eigenvalue weighted by molar-refractivity contribution is 0.538. The lowest BCUT2D eigenvalue weighted by Gasteiger charge is -2.06. The zero-order valence-electron chi connectivity index (χ0n) is 11.4.